The monoisotopic (exact) mass is 411 g/mol. The number of benzene rings is 2. The zero-order chi connectivity index (χ0) is 21.6. The Morgan fingerprint density at radius 1 is 1.00 bits per heavy atom. The summed E-state index contributed by atoms with van der Waals surface area (Å²) in [5.74, 6) is 0. The molecule has 2 aromatic rings. The fraction of sp³-hybridized carbons (Fsp3) is 0.273. The Labute approximate surface area is 173 Å². The third-order valence-corrected chi connectivity index (χ3v) is 4.91. The number of halogens is 3. The lowest BCUT2D eigenvalue weighted by molar-refractivity contribution is -0.136. The van der Waals surface area contributed by atoms with Crippen molar-refractivity contribution < 1.29 is 13.2 Å². The van der Waals surface area contributed by atoms with Gasteiger partial charge in [0.05, 0.1) is 11.3 Å². The molecule has 5 nitrogen and oxygen atoms in total. The Balaban J connectivity index is 1.72. The highest BCUT2D eigenvalue weighted by atomic mass is 19.4. The van der Waals surface area contributed by atoms with E-state index < -0.39 is 11.7 Å². The summed E-state index contributed by atoms with van der Waals surface area (Å²) in [6, 6.07) is 17.4. The molecular weight excluding hydrogens is 391 g/mol. The van der Waals surface area contributed by atoms with Crippen LogP contribution in [0.15, 0.2) is 60.3 Å². The van der Waals surface area contributed by atoms with E-state index in [4.69, 9.17) is 10.5 Å². The molecule has 0 bridgehead atoms. The Morgan fingerprint density at radius 2 is 1.67 bits per heavy atom. The minimum absolute atomic E-state index is 0.197. The molecule has 0 atom stereocenters. The van der Waals surface area contributed by atoms with E-state index in [0.29, 0.717) is 18.8 Å². The molecule has 154 valence electrons. The molecule has 1 fully saturated rings. The molecule has 2 aromatic carbocycles. The van der Waals surface area contributed by atoms with Crippen molar-refractivity contribution in [1.82, 2.24) is 4.90 Å². The third-order valence-electron chi connectivity index (χ3n) is 4.91. The SMILES string of the molecule is N#CC(C#N)=CNc1ccc(N2CCN(Cc3ccccc3)CC2)cc1C(F)(F)F. The van der Waals surface area contributed by atoms with Crippen molar-refractivity contribution in [1.29, 1.82) is 10.5 Å². The fourth-order valence-electron chi connectivity index (χ4n) is 3.33. The molecule has 30 heavy (non-hydrogen) atoms. The van der Waals surface area contributed by atoms with Crippen molar-refractivity contribution in [3.63, 3.8) is 0 Å². The second-order valence-corrected chi connectivity index (χ2v) is 6.90. The normalized spacial score (nSPS) is 14.5. The van der Waals surface area contributed by atoms with E-state index in [1.807, 2.05) is 23.1 Å². The summed E-state index contributed by atoms with van der Waals surface area (Å²) in [6.45, 7) is 3.59. The minimum Gasteiger partial charge on any atom is -0.369 e. The molecule has 0 aliphatic carbocycles. The summed E-state index contributed by atoms with van der Waals surface area (Å²) >= 11 is 0. The summed E-state index contributed by atoms with van der Waals surface area (Å²) in [7, 11) is 0. The summed E-state index contributed by atoms with van der Waals surface area (Å²) in [5.41, 5.74) is 0.372. The molecule has 3 rings (SSSR count). The second kappa shape index (κ2) is 9.34. The summed E-state index contributed by atoms with van der Waals surface area (Å²) in [4.78, 5) is 4.22. The van der Waals surface area contributed by atoms with Gasteiger partial charge in [-0.1, -0.05) is 30.3 Å². The summed E-state index contributed by atoms with van der Waals surface area (Å²) in [6.07, 6.45) is -3.59. The van der Waals surface area contributed by atoms with E-state index >= 15 is 0 Å². The van der Waals surface area contributed by atoms with Crippen LogP contribution in [0.1, 0.15) is 11.1 Å². The third kappa shape index (κ3) is 5.31. The number of nitrogens with one attached hydrogen (secondary N) is 1. The van der Waals surface area contributed by atoms with E-state index in [1.54, 1.807) is 18.2 Å². The molecule has 0 radical (unpaired) electrons. The van der Waals surface area contributed by atoms with Gasteiger partial charge < -0.3 is 10.2 Å². The van der Waals surface area contributed by atoms with Gasteiger partial charge in [0.1, 0.15) is 17.7 Å². The van der Waals surface area contributed by atoms with Gasteiger partial charge in [-0.05, 0) is 23.8 Å². The molecule has 0 unspecified atom stereocenters. The lowest BCUT2D eigenvalue weighted by atomic mass is 10.1. The molecule has 1 heterocycles. The van der Waals surface area contributed by atoms with E-state index in [2.05, 4.69) is 22.3 Å². The molecule has 1 aliphatic rings. The molecule has 8 heteroatoms. The topological polar surface area (TPSA) is 66.1 Å². The largest absolute Gasteiger partial charge is 0.418 e. The van der Waals surface area contributed by atoms with Gasteiger partial charge in [0.15, 0.2) is 0 Å². The number of nitriles is 2. The van der Waals surface area contributed by atoms with Crippen molar-refractivity contribution in [2.75, 3.05) is 36.4 Å². The molecule has 1 N–H and O–H groups in total. The minimum atomic E-state index is -4.57. The number of anilines is 2. The number of hydrogen-bond donors (Lipinski definition) is 1. The Hall–Kier alpha value is -3.49. The summed E-state index contributed by atoms with van der Waals surface area (Å²) in [5, 5.41) is 19.9. The van der Waals surface area contributed by atoms with Gasteiger partial charge in [-0.25, -0.2) is 0 Å². The smallest absolute Gasteiger partial charge is 0.369 e. The van der Waals surface area contributed by atoms with Crippen LogP contribution in [-0.4, -0.2) is 31.1 Å². The zero-order valence-electron chi connectivity index (χ0n) is 16.2. The Morgan fingerprint density at radius 3 is 2.27 bits per heavy atom. The Kier molecular flexibility index (Phi) is 6.61. The average molecular weight is 411 g/mol. The van der Waals surface area contributed by atoms with Crippen LogP contribution in [0.2, 0.25) is 0 Å². The van der Waals surface area contributed by atoms with Gasteiger partial charge >= 0.3 is 6.18 Å². The van der Waals surface area contributed by atoms with E-state index in [-0.39, 0.29) is 11.3 Å². The van der Waals surface area contributed by atoms with Crippen LogP contribution in [0, 0.1) is 22.7 Å². The lowest BCUT2D eigenvalue weighted by Crippen LogP contribution is -2.46. The highest BCUT2D eigenvalue weighted by Gasteiger charge is 2.34. The van der Waals surface area contributed by atoms with Crippen molar-refractivity contribution in [2.45, 2.75) is 12.7 Å². The Bertz CT molecular complexity index is 963. The van der Waals surface area contributed by atoms with Crippen LogP contribution in [0.5, 0.6) is 0 Å². The van der Waals surface area contributed by atoms with E-state index in [9.17, 15) is 13.2 Å². The number of alkyl halides is 3. The number of nitrogens with zero attached hydrogens (tertiary/aromatic N) is 4. The summed E-state index contributed by atoms with van der Waals surface area (Å²) < 4.78 is 40.7. The lowest BCUT2D eigenvalue weighted by Gasteiger charge is -2.36. The predicted molar refractivity (Wildman–Crippen MR) is 108 cm³/mol. The van der Waals surface area contributed by atoms with Gasteiger partial charge in [0, 0.05) is 44.6 Å². The highest BCUT2D eigenvalue weighted by Crippen LogP contribution is 2.37. The molecular formula is C22H20F3N5. The van der Waals surface area contributed by atoms with Gasteiger partial charge in [0.25, 0.3) is 0 Å². The average Bonchev–Trinajstić information content (AvgIpc) is 2.75. The first-order chi connectivity index (χ1) is 14.4. The predicted octanol–water partition coefficient (Wildman–Crippen LogP) is 4.37. The van der Waals surface area contributed by atoms with Crippen molar-refractivity contribution in [3.8, 4) is 12.1 Å². The number of piperazine rings is 1. The van der Waals surface area contributed by atoms with E-state index in [0.717, 1.165) is 31.9 Å². The molecule has 0 aromatic heterocycles. The first-order valence-electron chi connectivity index (χ1n) is 9.40. The maximum absolute atomic E-state index is 13.6. The number of rotatable bonds is 5. The maximum Gasteiger partial charge on any atom is 0.418 e. The van der Waals surface area contributed by atoms with Gasteiger partial charge in [-0.2, -0.15) is 23.7 Å². The first-order valence-corrected chi connectivity index (χ1v) is 9.40. The van der Waals surface area contributed by atoms with Crippen LogP contribution < -0.4 is 10.2 Å². The molecule has 0 saturated carbocycles. The van der Waals surface area contributed by atoms with Crippen LogP contribution in [0.25, 0.3) is 0 Å². The zero-order valence-corrected chi connectivity index (χ0v) is 16.2. The van der Waals surface area contributed by atoms with Gasteiger partial charge in [-0.3, -0.25) is 4.90 Å². The standard InChI is InChI=1S/C22H20F3N5/c23-22(24,25)20-12-19(6-7-21(20)28-15-18(13-26)14-27)30-10-8-29(9-11-30)16-17-4-2-1-3-5-17/h1-7,12,15,28H,8-11,16H2. The maximum atomic E-state index is 13.6. The van der Waals surface area contributed by atoms with Crippen LogP contribution >= 0.6 is 0 Å². The van der Waals surface area contributed by atoms with Crippen molar-refractivity contribution in [2.24, 2.45) is 0 Å². The highest BCUT2D eigenvalue weighted by molar-refractivity contribution is 5.63. The fourth-order valence-corrected chi connectivity index (χ4v) is 3.33. The quantitative estimate of drug-likeness (QED) is 0.740. The first kappa shape index (κ1) is 21.2. The van der Waals surface area contributed by atoms with Crippen LogP contribution in [-0.2, 0) is 12.7 Å². The van der Waals surface area contributed by atoms with Crippen LogP contribution in [0.3, 0.4) is 0 Å². The van der Waals surface area contributed by atoms with Gasteiger partial charge in [-0.15, -0.1) is 0 Å². The molecule has 0 amide bonds. The van der Waals surface area contributed by atoms with Gasteiger partial charge in [0.2, 0.25) is 0 Å². The van der Waals surface area contributed by atoms with Crippen LogP contribution in [0.4, 0.5) is 24.5 Å². The number of hydrogen-bond acceptors (Lipinski definition) is 5. The molecule has 1 aliphatic heterocycles. The number of allylic oxidation sites excluding steroid dienone is 1. The van der Waals surface area contributed by atoms with E-state index in [1.165, 1.54) is 11.6 Å². The molecule has 0 spiro atoms. The van der Waals surface area contributed by atoms with Crippen molar-refractivity contribution >= 4 is 11.4 Å². The van der Waals surface area contributed by atoms with Crippen molar-refractivity contribution in [3.05, 3.63) is 71.4 Å². The molecule has 1 saturated heterocycles. The second-order valence-electron chi connectivity index (χ2n) is 6.90.